The summed E-state index contributed by atoms with van der Waals surface area (Å²) in [5, 5.41) is 2.46. The van der Waals surface area contributed by atoms with Crippen molar-refractivity contribution in [2.75, 3.05) is 0 Å². The first-order valence-electron chi connectivity index (χ1n) is 5.04. The van der Waals surface area contributed by atoms with Gasteiger partial charge in [0.25, 0.3) is 0 Å². The van der Waals surface area contributed by atoms with Crippen LogP contribution in [-0.4, -0.2) is 17.6 Å². The number of hydrogen-bond acceptors (Lipinski definition) is 1. The zero-order valence-corrected chi connectivity index (χ0v) is 10.2. The maximum Gasteiger partial charge on any atom is 0.413 e. The van der Waals surface area contributed by atoms with Crippen LogP contribution in [0.3, 0.4) is 0 Å². The molecule has 16 heavy (non-hydrogen) atoms. The normalized spacial score (nSPS) is 14.2. The largest absolute Gasteiger partial charge is 0.413 e. The molecule has 0 spiro atoms. The van der Waals surface area contributed by atoms with Crippen LogP contribution in [0.4, 0.5) is 13.2 Å². The number of nitrogens with one attached hydrogen (secondary N) is 1. The molecule has 0 aromatic heterocycles. The molecule has 0 aromatic rings. The van der Waals surface area contributed by atoms with Gasteiger partial charge in [0.05, 0.1) is 0 Å². The Morgan fingerprint density at radius 3 is 1.88 bits per heavy atom. The van der Waals surface area contributed by atoms with Gasteiger partial charge in [-0.25, -0.2) is 0 Å². The number of hydrogen-bond donors (Lipinski definition) is 1. The van der Waals surface area contributed by atoms with Crippen LogP contribution in [0.2, 0.25) is 0 Å². The van der Waals surface area contributed by atoms with Crippen LogP contribution in [0.5, 0.6) is 0 Å². The summed E-state index contributed by atoms with van der Waals surface area (Å²) in [6.45, 7) is 7.94. The first-order valence-corrected chi connectivity index (χ1v) is 5.04. The lowest BCUT2D eigenvalue weighted by atomic mass is 10.0. The molecule has 0 heterocycles. The summed E-state index contributed by atoms with van der Waals surface area (Å²) < 4.78 is 37.5. The van der Waals surface area contributed by atoms with Gasteiger partial charge in [-0.3, -0.25) is 4.79 Å². The molecule has 1 amide bonds. The lowest BCUT2D eigenvalue weighted by molar-refractivity contribution is -0.120. The van der Waals surface area contributed by atoms with Gasteiger partial charge in [-0.1, -0.05) is 13.8 Å². The highest BCUT2D eigenvalue weighted by molar-refractivity contribution is 5.89. The third-order valence-electron chi connectivity index (χ3n) is 1.73. The highest BCUT2D eigenvalue weighted by Crippen LogP contribution is 2.30. The minimum atomic E-state index is -4.45. The van der Waals surface area contributed by atoms with Crippen molar-refractivity contribution in [1.82, 2.24) is 5.32 Å². The van der Waals surface area contributed by atoms with E-state index in [-0.39, 0.29) is 0 Å². The SMILES string of the molecule is CC(C)/C(=C/C(=O)NC(C)(C)C)C(F)(F)F. The van der Waals surface area contributed by atoms with Gasteiger partial charge < -0.3 is 5.32 Å². The van der Waals surface area contributed by atoms with E-state index >= 15 is 0 Å². The molecule has 0 saturated carbocycles. The first-order chi connectivity index (χ1) is 6.93. The van der Waals surface area contributed by atoms with Gasteiger partial charge in [0.15, 0.2) is 0 Å². The van der Waals surface area contributed by atoms with Crippen LogP contribution in [0, 0.1) is 5.92 Å². The van der Waals surface area contributed by atoms with E-state index in [1.165, 1.54) is 13.8 Å². The van der Waals surface area contributed by atoms with E-state index < -0.39 is 29.1 Å². The van der Waals surface area contributed by atoms with Crippen molar-refractivity contribution in [2.45, 2.75) is 46.3 Å². The van der Waals surface area contributed by atoms with Crippen LogP contribution >= 0.6 is 0 Å². The number of alkyl halides is 3. The molecule has 94 valence electrons. The van der Waals surface area contributed by atoms with E-state index in [2.05, 4.69) is 5.32 Å². The quantitative estimate of drug-likeness (QED) is 0.735. The second-order valence-corrected chi connectivity index (χ2v) is 4.99. The number of rotatable bonds is 2. The standard InChI is InChI=1S/C11H18F3NO/c1-7(2)8(11(12,13)14)6-9(16)15-10(3,4)5/h6-7H,1-5H3,(H,15,16)/b8-6-. The molecule has 0 aromatic carbocycles. The predicted octanol–water partition coefficient (Wildman–Crippen LogP) is 3.05. The molecular weight excluding hydrogens is 219 g/mol. The predicted molar refractivity (Wildman–Crippen MR) is 56.9 cm³/mol. The second-order valence-electron chi connectivity index (χ2n) is 4.99. The van der Waals surface area contributed by atoms with Gasteiger partial charge in [-0.15, -0.1) is 0 Å². The summed E-state index contributed by atoms with van der Waals surface area (Å²) in [6.07, 6.45) is -3.82. The van der Waals surface area contributed by atoms with E-state index in [1.54, 1.807) is 20.8 Å². The molecule has 0 atom stereocenters. The molecule has 0 bridgehead atoms. The van der Waals surface area contributed by atoms with Gasteiger partial charge in [0, 0.05) is 17.2 Å². The van der Waals surface area contributed by atoms with Crippen molar-refractivity contribution >= 4 is 5.91 Å². The molecule has 0 aliphatic rings. The minimum Gasteiger partial charge on any atom is -0.348 e. The summed E-state index contributed by atoms with van der Waals surface area (Å²) in [5.41, 5.74) is -1.35. The van der Waals surface area contributed by atoms with Crippen molar-refractivity contribution in [1.29, 1.82) is 0 Å². The Balaban J connectivity index is 4.90. The van der Waals surface area contributed by atoms with Crippen molar-refractivity contribution in [3.05, 3.63) is 11.6 Å². The number of halogens is 3. The molecule has 0 saturated heterocycles. The van der Waals surface area contributed by atoms with Crippen LogP contribution in [0.25, 0.3) is 0 Å². The Morgan fingerprint density at radius 1 is 1.19 bits per heavy atom. The van der Waals surface area contributed by atoms with Crippen molar-refractivity contribution < 1.29 is 18.0 Å². The smallest absolute Gasteiger partial charge is 0.348 e. The lowest BCUT2D eigenvalue weighted by Gasteiger charge is -2.21. The molecule has 5 heteroatoms. The molecule has 2 nitrogen and oxygen atoms in total. The minimum absolute atomic E-state index is 0.540. The monoisotopic (exact) mass is 237 g/mol. The fraction of sp³-hybridized carbons (Fsp3) is 0.727. The number of carbonyl (C=O) groups excluding carboxylic acids is 1. The summed E-state index contributed by atoms with van der Waals surface area (Å²) in [4.78, 5) is 11.3. The van der Waals surface area contributed by atoms with E-state index in [0.717, 1.165) is 0 Å². The van der Waals surface area contributed by atoms with E-state index in [0.29, 0.717) is 6.08 Å². The Hall–Kier alpha value is -1.00. The Morgan fingerprint density at radius 2 is 1.62 bits per heavy atom. The summed E-state index contributed by atoms with van der Waals surface area (Å²) in [6, 6.07) is 0. The van der Waals surface area contributed by atoms with Gasteiger partial charge in [0.1, 0.15) is 0 Å². The van der Waals surface area contributed by atoms with Crippen LogP contribution < -0.4 is 5.32 Å². The zero-order chi connectivity index (χ0) is 13.1. The van der Waals surface area contributed by atoms with Gasteiger partial charge in [0.2, 0.25) is 5.91 Å². The maximum absolute atomic E-state index is 12.5. The molecule has 0 rings (SSSR count). The first kappa shape index (κ1) is 15.0. The van der Waals surface area contributed by atoms with Gasteiger partial charge in [-0.05, 0) is 26.7 Å². The van der Waals surface area contributed by atoms with E-state index in [1.807, 2.05) is 0 Å². The Kier molecular flexibility index (Phi) is 4.58. The van der Waals surface area contributed by atoms with E-state index in [9.17, 15) is 18.0 Å². The Bertz CT molecular complexity index is 285. The average Bonchev–Trinajstić information content (AvgIpc) is 1.93. The number of carbonyl (C=O) groups is 1. The van der Waals surface area contributed by atoms with E-state index in [4.69, 9.17) is 0 Å². The maximum atomic E-state index is 12.5. The van der Waals surface area contributed by atoms with Crippen LogP contribution in [0.1, 0.15) is 34.6 Å². The number of amides is 1. The second kappa shape index (κ2) is 4.89. The fourth-order valence-electron chi connectivity index (χ4n) is 1.12. The molecule has 0 unspecified atom stereocenters. The fourth-order valence-corrected chi connectivity index (χ4v) is 1.12. The molecule has 0 aliphatic carbocycles. The van der Waals surface area contributed by atoms with Crippen molar-refractivity contribution in [3.8, 4) is 0 Å². The molecule has 0 fully saturated rings. The molecule has 1 N–H and O–H groups in total. The molecule has 0 radical (unpaired) electrons. The summed E-state index contributed by atoms with van der Waals surface area (Å²) in [7, 11) is 0. The summed E-state index contributed by atoms with van der Waals surface area (Å²) >= 11 is 0. The highest BCUT2D eigenvalue weighted by atomic mass is 19.4. The molecule has 0 aliphatic heterocycles. The van der Waals surface area contributed by atoms with Gasteiger partial charge >= 0.3 is 6.18 Å². The Labute approximate surface area is 93.9 Å². The average molecular weight is 237 g/mol. The third-order valence-corrected chi connectivity index (χ3v) is 1.73. The van der Waals surface area contributed by atoms with Crippen molar-refractivity contribution in [3.63, 3.8) is 0 Å². The lowest BCUT2D eigenvalue weighted by Crippen LogP contribution is -2.40. The highest BCUT2D eigenvalue weighted by Gasteiger charge is 2.36. The molecular formula is C11H18F3NO. The zero-order valence-electron chi connectivity index (χ0n) is 10.2. The van der Waals surface area contributed by atoms with Crippen LogP contribution in [0.15, 0.2) is 11.6 Å². The topological polar surface area (TPSA) is 29.1 Å². The number of allylic oxidation sites excluding steroid dienone is 1. The van der Waals surface area contributed by atoms with Gasteiger partial charge in [-0.2, -0.15) is 13.2 Å². The summed E-state index contributed by atoms with van der Waals surface area (Å²) in [5.74, 6) is -1.45. The van der Waals surface area contributed by atoms with Crippen LogP contribution in [-0.2, 0) is 4.79 Å². The van der Waals surface area contributed by atoms with Crippen molar-refractivity contribution in [2.24, 2.45) is 5.92 Å². The third kappa shape index (κ3) is 5.78.